The number of alkyl halides is 6. The number of rotatable bonds is 3. The molecule has 0 N–H and O–H groups in total. The van der Waals surface area contributed by atoms with E-state index < -0.39 is 34.4 Å². The molecular formula is C18H11F6S2+. The molecule has 0 nitrogen and oxygen atoms in total. The van der Waals surface area contributed by atoms with E-state index in [2.05, 4.69) is 0 Å². The quantitative estimate of drug-likeness (QED) is 0.329. The topological polar surface area (TPSA) is 0 Å². The maximum absolute atomic E-state index is 13.1. The standard InChI is InChI=1S/C18H11F6S2/c19-17(20,21)12-4-1-6-14(10-12)26(16-8-3-9-25-16)15-7-2-5-13(11-15)18(22,23)24/h1-11H/q+1. The first-order chi connectivity index (χ1) is 12.2. The summed E-state index contributed by atoms with van der Waals surface area (Å²) in [6.45, 7) is 0. The van der Waals surface area contributed by atoms with Crippen molar-refractivity contribution in [2.45, 2.75) is 26.4 Å². The van der Waals surface area contributed by atoms with Gasteiger partial charge in [-0.1, -0.05) is 23.5 Å². The highest BCUT2D eigenvalue weighted by atomic mass is 32.2. The van der Waals surface area contributed by atoms with Gasteiger partial charge in [-0.05, 0) is 35.7 Å². The molecule has 2 aromatic carbocycles. The highest BCUT2D eigenvalue weighted by molar-refractivity contribution is 7.98. The van der Waals surface area contributed by atoms with Crippen LogP contribution in [0, 0.1) is 0 Å². The van der Waals surface area contributed by atoms with E-state index in [-0.39, 0.29) is 0 Å². The number of benzene rings is 2. The molecule has 0 radical (unpaired) electrons. The third kappa shape index (κ3) is 4.07. The highest BCUT2D eigenvalue weighted by Gasteiger charge is 2.37. The lowest BCUT2D eigenvalue weighted by molar-refractivity contribution is -0.138. The van der Waals surface area contributed by atoms with Crippen molar-refractivity contribution >= 4 is 22.2 Å². The maximum atomic E-state index is 13.1. The molecule has 0 aliphatic carbocycles. The zero-order valence-corrected chi connectivity index (χ0v) is 14.6. The Hall–Kier alpha value is -1.93. The molecule has 26 heavy (non-hydrogen) atoms. The molecule has 8 heteroatoms. The van der Waals surface area contributed by atoms with Crippen molar-refractivity contribution in [3.05, 3.63) is 77.2 Å². The Kier molecular flexibility index (Phi) is 5.07. The number of thiophene rings is 1. The van der Waals surface area contributed by atoms with Crippen molar-refractivity contribution < 1.29 is 26.3 Å². The fourth-order valence-corrected chi connectivity index (χ4v) is 5.79. The van der Waals surface area contributed by atoms with Crippen molar-refractivity contribution in [3.63, 3.8) is 0 Å². The van der Waals surface area contributed by atoms with E-state index in [0.717, 1.165) is 24.3 Å². The Labute approximate surface area is 152 Å². The van der Waals surface area contributed by atoms with Crippen LogP contribution in [0.25, 0.3) is 0 Å². The van der Waals surface area contributed by atoms with Crippen LogP contribution in [0.5, 0.6) is 0 Å². The first-order valence-corrected chi connectivity index (χ1v) is 9.39. The lowest BCUT2D eigenvalue weighted by Crippen LogP contribution is -2.10. The van der Waals surface area contributed by atoms with Crippen LogP contribution in [0.15, 0.2) is 80.0 Å². The first-order valence-electron chi connectivity index (χ1n) is 7.28. The van der Waals surface area contributed by atoms with E-state index in [0.29, 0.717) is 14.0 Å². The fraction of sp³-hybridized carbons (Fsp3) is 0.111. The van der Waals surface area contributed by atoms with Gasteiger partial charge in [0.2, 0.25) is 4.21 Å². The van der Waals surface area contributed by atoms with Gasteiger partial charge >= 0.3 is 12.4 Å². The SMILES string of the molecule is FC(F)(F)c1cccc([S+](c2cccc(C(F)(F)F)c2)c2cccs2)c1. The van der Waals surface area contributed by atoms with E-state index in [1.807, 2.05) is 0 Å². The van der Waals surface area contributed by atoms with Crippen molar-refractivity contribution in [1.82, 2.24) is 0 Å². The van der Waals surface area contributed by atoms with Gasteiger partial charge in [-0.2, -0.15) is 26.3 Å². The summed E-state index contributed by atoms with van der Waals surface area (Å²) in [5.41, 5.74) is -1.65. The zero-order valence-electron chi connectivity index (χ0n) is 12.9. The van der Waals surface area contributed by atoms with Gasteiger partial charge in [0.05, 0.1) is 11.1 Å². The van der Waals surface area contributed by atoms with Crippen LogP contribution < -0.4 is 0 Å². The number of hydrogen-bond acceptors (Lipinski definition) is 1. The molecule has 0 aliphatic heterocycles. The molecule has 0 spiro atoms. The van der Waals surface area contributed by atoms with Gasteiger partial charge in [-0.25, -0.2) is 0 Å². The monoisotopic (exact) mass is 405 g/mol. The van der Waals surface area contributed by atoms with Gasteiger partial charge in [0.25, 0.3) is 0 Å². The van der Waals surface area contributed by atoms with E-state index in [1.54, 1.807) is 17.5 Å². The predicted octanol–water partition coefficient (Wildman–Crippen LogP) is 6.88. The normalized spacial score (nSPS) is 12.6. The Balaban J connectivity index is 2.15. The lowest BCUT2D eigenvalue weighted by Gasteiger charge is -2.11. The molecule has 0 unspecified atom stereocenters. The average molecular weight is 405 g/mol. The van der Waals surface area contributed by atoms with Crippen LogP contribution in [-0.2, 0) is 23.2 Å². The van der Waals surface area contributed by atoms with E-state index >= 15 is 0 Å². The molecule has 0 saturated carbocycles. The number of hydrogen-bond donors (Lipinski definition) is 0. The van der Waals surface area contributed by atoms with Gasteiger partial charge in [0, 0.05) is 18.2 Å². The average Bonchev–Trinajstić information content (AvgIpc) is 3.08. The highest BCUT2D eigenvalue weighted by Crippen LogP contribution is 2.39. The summed E-state index contributed by atoms with van der Waals surface area (Å²) in [5.74, 6) is 0. The van der Waals surface area contributed by atoms with Crippen LogP contribution in [0.1, 0.15) is 11.1 Å². The Bertz CT molecular complexity index is 824. The third-order valence-corrected chi connectivity index (χ3v) is 6.93. The van der Waals surface area contributed by atoms with Crippen molar-refractivity contribution in [3.8, 4) is 0 Å². The van der Waals surface area contributed by atoms with Crippen LogP contribution >= 0.6 is 11.3 Å². The van der Waals surface area contributed by atoms with Gasteiger partial charge in [-0.3, -0.25) is 0 Å². The molecule has 0 aliphatic rings. The molecule has 3 rings (SSSR count). The summed E-state index contributed by atoms with van der Waals surface area (Å²) in [7, 11) is -1.06. The van der Waals surface area contributed by atoms with Crippen molar-refractivity contribution in [2.24, 2.45) is 0 Å². The first kappa shape index (κ1) is 18.8. The molecule has 136 valence electrons. The fourth-order valence-electron chi connectivity index (χ4n) is 2.35. The summed E-state index contributed by atoms with van der Waals surface area (Å²) in [4.78, 5) is 0.642. The minimum atomic E-state index is -4.52. The zero-order chi connectivity index (χ0) is 18.9. The molecule has 0 fully saturated rings. The maximum Gasteiger partial charge on any atom is 0.416 e. The summed E-state index contributed by atoms with van der Waals surface area (Å²) in [6, 6.07) is 12.9. The third-order valence-electron chi connectivity index (χ3n) is 3.49. The minimum absolute atomic E-state index is 0.321. The second-order valence-electron chi connectivity index (χ2n) is 5.29. The second-order valence-corrected chi connectivity index (χ2v) is 8.49. The molecular weight excluding hydrogens is 394 g/mol. The molecule has 0 bridgehead atoms. The van der Waals surface area contributed by atoms with Gasteiger partial charge in [0.1, 0.15) is 10.9 Å². The van der Waals surface area contributed by atoms with E-state index in [4.69, 9.17) is 0 Å². The van der Waals surface area contributed by atoms with Crippen LogP contribution in [0.2, 0.25) is 0 Å². The lowest BCUT2D eigenvalue weighted by atomic mass is 10.2. The van der Waals surface area contributed by atoms with Gasteiger partial charge < -0.3 is 0 Å². The molecule has 0 atom stereocenters. The Morgan fingerprint density at radius 3 is 1.54 bits per heavy atom. The van der Waals surface area contributed by atoms with E-state index in [1.165, 1.54) is 35.6 Å². The summed E-state index contributed by atoms with van der Waals surface area (Å²) in [6.07, 6.45) is -9.04. The molecule has 0 amide bonds. The van der Waals surface area contributed by atoms with Gasteiger partial charge in [-0.15, -0.1) is 0 Å². The van der Waals surface area contributed by atoms with Crippen molar-refractivity contribution in [1.29, 1.82) is 0 Å². The van der Waals surface area contributed by atoms with Crippen LogP contribution in [0.3, 0.4) is 0 Å². The van der Waals surface area contributed by atoms with Crippen molar-refractivity contribution in [2.75, 3.05) is 0 Å². The second kappa shape index (κ2) is 7.00. The van der Waals surface area contributed by atoms with Crippen LogP contribution in [0.4, 0.5) is 26.3 Å². The van der Waals surface area contributed by atoms with E-state index in [9.17, 15) is 26.3 Å². The minimum Gasteiger partial charge on any atom is -0.166 e. The van der Waals surface area contributed by atoms with Crippen LogP contribution in [-0.4, -0.2) is 0 Å². The molecule has 0 saturated heterocycles. The summed E-state index contributed by atoms with van der Waals surface area (Å²) in [5, 5.41) is 1.75. The Morgan fingerprint density at radius 1 is 0.654 bits per heavy atom. The molecule has 3 aromatic rings. The predicted molar refractivity (Wildman–Crippen MR) is 89.4 cm³/mol. The summed E-state index contributed by atoms with van der Waals surface area (Å²) < 4.78 is 79.0. The summed E-state index contributed by atoms with van der Waals surface area (Å²) >= 11 is 1.30. The number of halogens is 6. The molecule has 1 aromatic heterocycles. The Morgan fingerprint density at radius 2 is 1.15 bits per heavy atom. The molecule has 1 heterocycles. The largest absolute Gasteiger partial charge is 0.416 e. The van der Waals surface area contributed by atoms with Gasteiger partial charge in [0.15, 0.2) is 9.79 Å². The smallest absolute Gasteiger partial charge is 0.166 e.